The van der Waals surface area contributed by atoms with Gasteiger partial charge in [-0.25, -0.2) is 8.42 Å². The predicted molar refractivity (Wildman–Crippen MR) is 102 cm³/mol. The lowest BCUT2D eigenvalue weighted by atomic mass is 10.2. The highest BCUT2D eigenvalue weighted by atomic mass is 32.2. The number of H-pyrrole nitrogens is 1. The van der Waals surface area contributed by atoms with Crippen LogP contribution in [0.5, 0.6) is 0 Å². The van der Waals surface area contributed by atoms with Crippen LogP contribution in [0, 0.1) is 0 Å². The maximum Gasteiger partial charge on any atom is 0.276 e. The number of benzene rings is 1. The molecule has 1 aliphatic carbocycles. The minimum atomic E-state index is -3.55. The summed E-state index contributed by atoms with van der Waals surface area (Å²) in [7, 11) is -3.55. The van der Waals surface area contributed by atoms with E-state index in [0.717, 1.165) is 44.2 Å². The smallest absolute Gasteiger partial charge is 0.276 e. The molecule has 1 aliphatic heterocycles. The van der Waals surface area contributed by atoms with Crippen LogP contribution in [0.1, 0.15) is 60.6 Å². The molecule has 2 fully saturated rings. The Morgan fingerprint density at radius 3 is 2.56 bits per heavy atom. The molecule has 27 heavy (non-hydrogen) atoms. The molecule has 0 bridgehead atoms. The van der Waals surface area contributed by atoms with Gasteiger partial charge in [-0.05, 0) is 49.9 Å². The van der Waals surface area contributed by atoms with Gasteiger partial charge in [-0.1, -0.05) is 18.9 Å². The van der Waals surface area contributed by atoms with Gasteiger partial charge in [-0.2, -0.15) is 9.40 Å². The number of hydrogen-bond acceptors (Lipinski definition) is 4. The average molecular weight is 388 g/mol. The highest BCUT2D eigenvalue weighted by molar-refractivity contribution is 7.89. The van der Waals surface area contributed by atoms with Crippen LogP contribution in [0.25, 0.3) is 0 Å². The van der Waals surface area contributed by atoms with Gasteiger partial charge in [-0.15, -0.1) is 0 Å². The highest BCUT2D eigenvalue weighted by Gasteiger charge is 2.27. The number of nitrogens with one attached hydrogen (secondary N) is 2. The van der Waals surface area contributed by atoms with Crippen molar-refractivity contribution in [2.24, 2.45) is 0 Å². The molecule has 2 aromatic rings. The van der Waals surface area contributed by atoms with Crippen molar-refractivity contribution < 1.29 is 13.2 Å². The van der Waals surface area contributed by atoms with Crippen molar-refractivity contribution >= 4 is 21.6 Å². The second kappa shape index (κ2) is 7.44. The van der Waals surface area contributed by atoms with Crippen molar-refractivity contribution in [1.29, 1.82) is 0 Å². The quantitative estimate of drug-likeness (QED) is 0.823. The van der Waals surface area contributed by atoms with Gasteiger partial charge in [0.2, 0.25) is 10.0 Å². The van der Waals surface area contributed by atoms with E-state index in [1.165, 1.54) is 6.07 Å². The van der Waals surface area contributed by atoms with Crippen molar-refractivity contribution in [3.8, 4) is 0 Å². The summed E-state index contributed by atoms with van der Waals surface area (Å²) in [6, 6.07) is 8.21. The lowest BCUT2D eigenvalue weighted by Gasteiger charge is -2.20. The van der Waals surface area contributed by atoms with Crippen LogP contribution in [0.3, 0.4) is 0 Å². The summed E-state index contributed by atoms with van der Waals surface area (Å²) < 4.78 is 27.4. The molecule has 144 valence electrons. The molecular formula is C19H24N4O3S. The fourth-order valence-electron chi connectivity index (χ4n) is 3.42. The second-order valence-electron chi connectivity index (χ2n) is 7.28. The maximum atomic E-state index is 12.9. The average Bonchev–Trinajstić information content (AvgIpc) is 3.45. The molecule has 1 saturated carbocycles. The minimum Gasteiger partial charge on any atom is -0.321 e. The Hall–Kier alpha value is -2.19. The Kier molecular flexibility index (Phi) is 5.01. The molecule has 8 heteroatoms. The number of carbonyl (C=O) groups excluding carboxylic acids is 1. The van der Waals surface area contributed by atoms with Crippen molar-refractivity contribution in [3.63, 3.8) is 0 Å². The Balaban J connectivity index is 1.50. The Morgan fingerprint density at radius 2 is 1.85 bits per heavy atom. The van der Waals surface area contributed by atoms with Crippen LogP contribution in [-0.2, 0) is 10.0 Å². The molecule has 0 spiro atoms. The van der Waals surface area contributed by atoms with Crippen LogP contribution in [0.15, 0.2) is 35.2 Å². The van der Waals surface area contributed by atoms with E-state index in [2.05, 4.69) is 15.5 Å². The minimum absolute atomic E-state index is 0.211. The SMILES string of the molecule is O=C(Nc1cccc(S(=O)(=O)N2CCCCCC2)c1)c1cc(C2CC2)[nH]n1. The number of sulfonamides is 1. The first-order valence-corrected chi connectivity index (χ1v) is 10.9. The van der Waals surface area contributed by atoms with Crippen molar-refractivity contribution in [3.05, 3.63) is 41.7 Å². The zero-order chi connectivity index (χ0) is 18.9. The number of aromatic amines is 1. The van der Waals surface area contributed by atoms with Gasteiger partial charge in [0, 0.05) is 30.4 Å². The molecule has 2 heterocycles. The van der Waals surface area contributed by atoms with Crippen LogP contribution >= 0.6 is 0 Å². The van der Waals surface area contributed by atoms with Gasteiger partial charge >= 0.3 is 0 Å². The summed E-state index contributed by atoms with van der Waals surface area (Å²) in [4.78, 5) is 12.6. The van der Waals surface area contributed by atoms with Gasteiger partial charge in [0.25, 0.3) is 5.91 Å². The standard InChI is InChI=1S/C19H24N4O3S/c24-19(18-13-17(21-22-18)14-8-9-14)20-15-6-5-7-16(12-15)27(25,26)23-10-3-1-2-4-11-23/h5-7,12-14H,1-4,8-11H2,(H,20,24)(H,21,22). The van der Waals surface area contributed by atoms with E-state index in [1.807, 2.05) is 0 Å². The van der Waals surface area contributed by atoms with Crippen molar-refractivity contribution in [2.45, 2.75) is 49.3 Å². The van der Waals surface area contributed by atoms with Gasteiger partial charge in [0.05, 0.1) is 4.90 Å². The van der Waals surface area contributed by atoms with Crippen LogP contribution < -0.4 is 5.32 Å². The first kappa shape index (κ1) is 18.2. The molecule has 0 unspecified atom stereocenters. The number of amides is 1. The number of rotatable bonds is 5. The number of nitrogens with zero attached hydrogens (tertiary/aromatic N) is 2. The Bertz CT molecular complexity index is 926. The van der Waals surface area contributed by atoms with E-state index in [9.17, 15) is 13.2 Å². The van der Waals surface area contributed by atoms with Crippen LogP contribution in [-0.4, -0.2) is 41.9 Å². The third kappa shape index (κ3) is 4.06. The molecule has 7 nitrogen and oxygen atoms in total. The Morgan fingerprint density at radius 1 is 1.11 bits per heavy atom. The fourth-order valence-corrected chi connectivity index (χ4v) is 4.98. The lowest BCUT2D eigenvalue weighted by Crippen LogP contribution is -2.32. The summed E-state index contributed by atoms with van der Waals surface area (Å²) in [6.45, 7) is 1.10. The number of hydrogen-bond donors (Lipinski definition) is 2. The zero-order valence-electron chi connectivity index (χ0n) is 15.1. The molecular weight excluding hydrogens is 364 g/mol. The third-order valence-electron chi connectivity index (χ3n) is 5.14. The van der Waals surface area contributed by atoms with E-state index < -0.39 is 10.0 Å². The fraction of sp³-hybridized carbons (Fsp3) is 0.474. The third-order valence-corrected chi connectivity index (χ3v) is 7.04. The maximum absolute atomic E-state index is 12.9. The molecule has 2 aliphatic rings. The first-order chi connectivity index (χ1) is 13.0. The zero-order valence-corrected chi connectivity index (χ0v) is 16.0. The van der Waals surface area contributed by atoms with E-state index >= 15 is 0 Å². The van der Waals surface area contributed by atoms with Crippen LogP contribution in [0.2, 0.25) is 0 Å². The molecule has 4 rings (SSSR count). The summed E-state index contributed by atoms with van der Waals surface area (Å²) in [5.41, 5.74) is 1.75. The van der Waals surface area contributed by atoms with E-state index in [4.69, 9.17) is 0 Å². The molecule has 2 N–H and O–H groups in total. The lowest BCUT2D eigenvalue weighted by molar-refractivity contribution is 0.102. The van der Waals surface area contributed by atoms with E-state index in [-0.39, 0.29) is 10.8 Å². The van der Waals surface area contributed by atoms with Crippen molar-refractivity contribution in [2.75, 3.05) is 18.4 Å². The normalized spacial score (nSPS) is 18.8. The molecule has 1 amide bonds. The van der Waals surface area contributed by atoms with Crippen molar-refractivity contribution in [1.82, 2.24) is 14.5 Å². The van der Waals surface area contributed by atoms with E-state index in [1.54, 1.807) is 28.6 Å². The molecule has 1 aromatic heterocycles. The first-order valence-electron chi connectivity index (χ1n) is 9.51. The highest BCUT2D eigenvalue weighted by Crippen LogP contribution is 2.39. The molecule has 1 aromatic carbocycles. The molecule has 1 saturated heterocycles. The number of carbonyl (C=O) groups is 1. The Labute approximate surface area is 159 Å². The topological polar surface area (TPSA) is 95.2 Å². The van der Waals surface area contributed by atoms with E-state index in [0.29, 0.717) is 30.4 Å². The summed E-state index contributed by atoms with van der Waals surface area (Å²) in [5, 5.41) is 9.72. The summed E-state index contributed by atoms with van der Waals surface area (Å²) in [6.07, 6.45) is 6.15. The monoisotopic (exact) mass is 388 g/mol. The van der Waals surface area contributed by atoms with Gasteiger partial charge in [0.15, 0.2) is 5.69 Å². The molecule has 0 radical (unpaired) electrons. The van der Waals surface area contributed by atoms with Crippen LogP contribution in [0.4, 0.5) is 5.69 Å². The predicted octanol–water partition coefficient (Wildman–Crippen LogP) is 3.10. The van der Waals surface area contributed by atoms with Gasteiger partial charge in [0.1, 0.15) is 0 Å². The van der Waals surface area contributed by atoms with Gasteiger partial charge in [-0.3, -0.25) is 9.89 Å². The largest absolute Gasteiger partial charge is 0.321 e. The molecule has 0 atom stereocenters. The summed E-state index contributed by atoms with van der Waals surface area (Å²) >= 11 is 0. The number of anilines is 1. The second-order valence-corrected chi connectivity index (χ2v) is 9.22. The summed E-state index contributed by atoms with van der Waals surface area (Å²) in [5.74, 6) is 0.142. The van der Waals surface area contributed by atoms with Gasteiger partial charge < -0.3 is 5.32 Å². The number of aromatic nitrogens is 2.